The summed E-state index contributed by atoms with van der Waals surface area (Å²) in [6.07, 6.45) is 3.64. The van der Waals surface area contributed by atoms with Gasteiger partial charge < -0.3 is 20.1 Å². The van der Waals surface area contributed by atoms with Crippen molar-refractivity contribution in [1.29, 1.82) is 0 Å². The minimum absolute atomic E-state index is 0.0411. The van der Waals surface area contributed by atoms with Crippen LogP contribution in [0.1, 0.15) is 106 Å². The van der Waals surface area contributed by atoms with Gasteiger partial charge in [0.05, 0.1) is 0 Å². The molecule has 18 heteroatoms. The molecular weight excluding hydrogens is 672 g/mol. The monoisotopic (exact) mass is 718 g/mol. The standard InChI is InChI=1S/C17H24N6O3.C17H22N6O3/c2*1-11-20-22-15(23-21-11)13-8-7-12(10-19-13)14(24)6-5-9-18-16(25)26-17(2,3)4/h7-8,10H,5-6,9H2,1-4H3,(H,18,25)(H,20,21)(H,22,23);7-8,10H,5-6,9H2,1-4H3,(H,18,25). The number of aromatic nitrogens is 6. The highest BCUT2D eigenvalue weighted by molar-refractivity contribution is 6.01. The molecule has 3 aromatic heterocycles. The summed E-state index contributed by atoms with van der Waals surface area (Å²) in [6, 6.07) is 6.71. The second-order valence-electron chi connectivity index (χ2n) is 13.4. The number of nitrogens with zero attached hydrogens (tertiary/aromatic N) is 8. The summed E-state index contributed by atoms with van der Waals surface area (Å²) in [5, 5.41) is 28.8. The molecular formula is C34H46N12O6. The Hall–Kier alpha value is -5.94. The Bertz CT molecular complexity index is 1730. The third-order valence-electron chi connectivity index (χ3n) is 6.38. The normalized spacial score (nSPS) is 12.4. The highest BCUT2D eigenvalue weighted by Crippen LogP contribution is 2.13. The van der Waals surface area contributed by atoms with Crippen LogP contribution in [-0.2, 0) is 9.47 Å². The van der Waals surface area contributed by atoms with Crippen LogP contribution in [0.3, 0.4) is 0 Å². The van der Waals surface area contributed by atoms with Crippen LogP contribution in [0.15, 0.2) is 46.9 Å². The maximum Gasteiger partial charge on any atom is 0.407 e. The van der Waals surface area contributed by atoms with Crippen LogP contribution in [0.4, 0.5) is 9.59 Å². The molecule has 0 atom stereocenters. The lowest BCUT2D eigenvalue weighted by atomic mass is 10.1. The molecule has 4 rings (SSSR count). The molecule has 18 nitrogen and oxygen atoms in total. The highest BCUT2D eigenvalue weighted by atomic mass is 16.6. The van der Waals surface area contributed by atoms with Crippen LogP contribution in [0.5, 0.6) is 0 Å². The summed E-state index contributed by atoms with van der Waals surface area (Å²) < 4.78 is 10.3. The van der Waals surface area contributed by atoms with Crippen molar-refractivity contribution in [1.82, 2.24) is 51.8 Å². The smallest absolute Gasteiger partial charge is 0.407 e. The minimum atomic E-state index is -0.542. The first-order valence-electron chi connectivity index (χ1n) is 16.6. The van der Waals surface area contributed by atoms with Gasteiger partial charge in [0.25, 0.3) is 0 Å². The van der Waals surface area contributed by atoms with Crippen molar-refractivity contribution in [3.05, 3.63) is 59.3 Å². The van der Waals surface area contributed by atoms with Crippen molar-refractivity contribution >= 4 is 35.4 Å². The van der Waals surface area contributed by atoms with E-state index in [0.717, 1.165) is 0 Å². The average molecular weight is 719 g/mol. The van der Waals surface area contributed by atoms with E-state index >= 15 is 0 Å². The van der Waals surface area contributed by atoms with Gasteiger partial charge in [-0.1, -0.05) is 0 Å². The predicted octanol–water partition coefficient (Wildman–Crippen LogP) is 3.88. The Kier molecular flexibility index (Phi) is 14.7. The fourth-order valence-corrected chi connectivity index (χ4v) is 4.01. The minimum Gasteiger partial charge on any atom is -0.444 e. The Morgan fingerprint density at radius 1 is 0.654 bits per heavy atom. The number of Topliss-reactive ketones (excluding diaryl/α,β-unsaturated/α-hetero) is 2. The van der Waals surface area contributed by atoms with Gasteiger partial charge in [0.2, 0.25) is 5.82 Å². The van der Waals surface area contributed by atoms with Crippen LogP contribution >= 0.6 is 0 Å². The zero-order chi connectivity index (χ0) is 38.3. The van der Waals surface area contributed by atoms with E-state index in [4.69, 9.17) is 9.47 Å². The van der Waals surface area contributed by atoms with E-state index < -0.39 is 23.4 Å². The predicted molar refractivity (Wildman–Crippen MR) is 191 cm³/mol. The van der Waals surface area contributed by atoms with Crippen molar-refractivity contribution in [2.24, 2.45) is 10.2 Å². The second-order valence-corrected chi connectivity index (χ2v) is 13.4. The van der Waals surface area contributed by atoms with Crippen LogP contribution < -0.4 is 21.5 Å². The van der Waals surface area contributed by atoms with E-state index in [0.29, 0.717) is 84.6 Å². The Morgan fingerprint density at radius 2 is 1.13 bits per heavy atom. The lowest BCUT2D eigenvalue weighted by Crippen LogP contribution is -2.33. The van der Waals surface area contributed by atoms with Gasteiger partial charge in [-0.3, -0.25) is 30.4 Å². The quantitative estimate of drug-likeness (QED) is 0.154. The van der Waals surface area contributed by atoms with Gasteiger partial charge in [0.15, 0.2) is 23.2 Å². The topological polar surface area (TPSA) is 237 Å². The van der Waals surface area contributed by atoms with Crippen LogP contribution in [0, 0.1) is 6.92 Å². The molecule has 278 valence electrons. The van der Waals surface area contributed by atoms with Crippen molar-refractivity contribution in [2.45, 2.75) is 92.3 Å². The summed E-state index contributed by atoms with van der Waals surface area (Å²) in [5.41, 5.74) is 6.52. The Morgan fingerprint density at radius 3 is 1.54 bits per heavy atom. The summed E-state index contributed by atoms with van der Waals surface area (Å²) in [7, 11) is 0. The van der Waals surface area contributed by atoms with Gasteiger partial charge in [-0.15, -0.1) is 20.4 Å². The zero-order valence-electron chi connectivity index (χ0n) is 30.7. The summed E-state index contributed by atoms with van der Waals surface area (Å²) in [6.45, 7) is 15.0. The molecule has 4 heterocycles. The van der Waals surface area contributed by atoms with E-state index in [2.05, 4.69) is 62.1 Å². The lowest BCUT2D eigenvalue weighted by Gasteiger charge is -2.19. The molecule has 1 aliphatic heterocycles. The number of aryl methyl sites for hydroxylation is 1. The fourth-order valence-electron chi connectivity index (χ4n) is 4.01. The number of carbonyl (C=O) groups is 4. The van der Waals surface area contributed by atoms with E-state index in [1.165, 1.54) is 12.4 Å². The van der Waals surface area contributed by atoms with Gasteiger partial charge >= 0.3 is 12.2 Å². The third-order valence-corrected chi connectivity index (χ3v) is 6.38. The molecule has 4 N–H and O–H groups in total. The van der Waals surface area contributed by atoms with Gasteiger partial charge in [-0.25, -0.2) is 9.59 Å². The molecule has 2 amide bonds. The molecule has 1 aliphatic rings. The van der Waals surface area contributed by atoms with Crippen LogP contribution in [0.25, 0.3) is 11.5 Å². The van der Waals surface area contributed by atoms with Crippen molar-refractivity contribution in [3.63, 3.8) is 0 Å². The van der Waals surface area contributed by atoms with Crippen molar-refractivity contribution in [2.75, 3.05) is 13.1 Å². The van der Waals surface area contributed by atoms with Gasteiger partial charge in [-0.2, -0.15) is 10.2 Å². The fraction of sp³-hybridized carbons (Fsp3) is 0.471. The number of pyridine rings is 2. The number of hydrogen-bond acceptors (Lipinski definition) is 16. The van der Waals surface area contributed by atoms with Gasteiger partial charge in [0, 0.05) is 49.5 Å². The van der Waals surface area contributed by atoms with Crippen molar-refractivity contribution < 1.29 is 28.7 Å². The number of alkyl carbamates (subject to hydrolysis) is 2. The number of amides is 2. The van der Waals surface area contributed by atoms with E-state index in [1.54, 1.807) is 79.7 Å². The third kappa shape index (κ3) is 14.9. The number of hydrogen-bond donors (Lipinski definition) is 4. The number of ketones is 2. The summed E-state index contributed by atoms with van der Waals surface area (Å²) in [4.78, 5) is 55.8. The van der Waals surface area contributed by atoms with E-state index in [1.807, 2.05) is 0 Å². The zero-order valence-corrected chi connectivity index (χ0v) is 30.7. The lowest BCUT2D eigenvalue weighted by molar-refractivity contribution is 0.0515. The van der Waals surface area contributed by atoms with Crippen molar-refractivity contribution in [3.8, 4) is 11.5 Å². The average Bonchev–Trinajstić information content (AvgIpc) is 3.08. The molecule has 0 spiro atoms. The number of nitrogens with one attached hydrogen (secondary N) is 4. The molecule has 0 saturated carbocycles. The molecule has 0 aliphatic carbocycles. The Balaban J connectivity index is 0.000000280. The molecule has 52 heavy (non-hydrogen) atoms. The summed E-state index contributed by atoms with van der Waals surface area (Å²) in [5.74, 6) is 1.81. The number of rotatable bonds is 12. The summed E-state index contributed by atoms with van der Waals surface area (Å²) >= 11 is 0. The van der Waals surface area contributed by atoms with Gasteiger partial charge in [0.1, 0.15) is 28.4 Å². The molecule has 0 bridgehead atoms. The largest absolute Gasteiger partial charge is 0.444 e. The molecule has 0 fully saturated rings. The number of hydrazone groups is 2. The number of carbonyl (C=O) groups excluding carboxylic acids is 4. The molecule has 0 unspecified atom stereocenters. The van der Waals surface area contributed by atoms with E-state index in [-0.39, 0.29) is 11.6 Å². The maximum absolute atomic E-state index is 12.2. The van der Waals surface area contributed by atoms with E-state index in [9.17, 15) is 19.2 Å². The van der Waals surface area contributed by atoms with Gasteiger partial charge in [-0.05, 0) is 92.5 Å². The highest BCUT2D eigenvalue weighted by Gasteiger charge is 2.17. The molecule has 0 aromatic carbocycles. The first-order chi connectivity index (χ1) is 24.5. The molecule has 0 saturated heterocycles. The molecule has 3 aromatic rings. The van der Waals surface area contributed by atoms with Crippen LogP contribution in [-0.4, -0.2) is 90.1 Å². The second kappa shape index (κ2) is 18.9. The number of amidine groups is 2. The SMILES string of the molecule is CC1=NNC(c2ccc(C(=O)CCCNC(=O)OC(C)(C)C)cn2)=NN1.Cc1nnc(-c2ccc(C(=O)CCCNC(=O)OC(C)(C)C)cn2)nn1. The first-order valence-corrected chi connectivity index (χ1v) is 16.6. The van der Waals surface area contributed by atoms with Crippen LogP contribution in [0.2, 0.25) is 0 Å². The number of ether oxygens (including phenoxy) is 2. The maximum atomic E-state index is 12.2. The first kappa shape index (κ1) is 40.5. The molecule has 0 radical (unpaired) electrons. The Labute approximate surface area is 302 Å².